The highest BCUT2D eigenvalue weighted by Gasteiger charge is 2.54. The Balaban J connectivity index is 1.58. The summed E-state index contributed by atoms with van der Waals surface area (Å²) in [6.07, 6.45) is 2.76. The number of rotatable bonds is 14. The molecule has 0 aromatic heterocycles. The number of hydrogen-bond donors (Lipinski definition) is 3. The summed E-state index contributed by atoms with van der Waals surface area (Å²) in [7, 11) is -3.86. The van der Waals surface area contributed by atoms with Gasteiger partial charge >= 0.3 is 0 Å². The summed E-state index contributed by atoms with van der Waals surface area (Å²) < 4.78 is 39.2. The predicted molar refractivity (Wildman–Crippen MR) is 176 cm³/mol. The number of aliphatic hydroxyl groups is 2. The van der Waals surface area contributed by atoms with Crippen molar-refractivity contribution in [3.05, 3.63) is 100 Å². The molecular weight excluding hydrogens is 622 g/mol. The molecule has 0 bridgehead atoms. The Morgan fingerprint density at radius 2 is 1.74 bits per heavy atom. The summed E-state index contributed by atoms with van der Waals surface area (Å²) >= 11 is 0. The van der Waals surface area contributed by atoms with Crippen LogP contribution >= 0.6 is 0 Å². The number of carbonyl (C=O) groups is 1. The van der Waals surface area contributed by atoms with Crippen LogP contribution < -0.4 is 10.1 Å². The first-order valence-electron chi connectivity index (χ1n) is 15.7. The minimum Gasteiger partial charge on any atom is -0.494 e. The zero-order valence-corrected chi connectivity index (χ0v) is 26.8. The molecular formula is C34H39N5O7S. The van der Waals surface area contributed by atoms with Crippen LogP contribution in [0.3, 0.4) is 0 Å². The van der Waals surface area contributed by atoms with Crippen LogP contribution in [0, 0.1) is 0 Å². The van der Waals surface area contributed by atoms with Crippen LogP contribution in [0.5, 0.6) is 5.75 Å². The normalized spacial score (nSPS) is 20.4. The smallest absolute Gasteiger partial charge is 0.252 e. The molecule has 13 heteroatoms. The highest BCUT2D eigenvalue weighted by Crippen LogP contribution is 2.46. The fourth-order valence-electron chi connectivity index (χ4n) is 6.02. The largest absolute Gasteiger partial charge is 0.494 e. The number of benzene rings is 3. The van der Waals surface area contributed by atoms with Gasteiger partial charge in [0.2, 0.25) is 5.90 Å². The Morgan fingerprint density at radius 3 is 2.45 bits per heavy atom. The van der Waals surface area contributed by atoms with Gasteiger partial charge in [-0.3, -0.25) is 4.79 Å². The summed E-state index contributed by atoms with van der Waals surface area (Å²) in [6.45, 7) is 0.300. The highest BCUT2D eigenvalue weighted by atomic mass is 32.2. The second-order valence-electron chi connectivity index (χ2n) is 11.9. The van der Waals surface area contributed by atoms with Crippen LogP contribution in [-0.4, -0.2) is 67.1 Å². The number of nitrogens with one attached hydrogen (secondary N) is 1. The van der Waals surface area contributed by atoms with Gasteiger partial charge in [0.1, 0.15) is 5.75 Å². The molecule has 0 spiro atoms. The van der Waals surface area contributed by atoms with Crippen molar-refractivity contribution in [2.75, 3.05) is 25.5 Å². The molecule has 12 nitrogen and oxygen atoms in total. The van der Waals surface area contributed by atoms with Gasteiger partial charge in [-0.1, -0.05) is 66.8 Å². The fraction of sp³-hybridized carbons (Fsp3) is 0.412. The third-order valence-corrected chi connectivity index (χ3v) is 10.4. The van der Waals surface area contributed by atoms with Gasteiger partial charge in [0, 0.05) is 47.7 Å². The van der Waals surface area contributed by atoms with Crippen molar-refractivity contribution in [2.24, 2.45) is 10.1 Å². The van der Waals surface area contributed by atoms with Crippen molar-refractivity contribution in [3.63, 3.8) is 0 Å². The number of carbonyl (C=O) groups excluding carboxylic acids is 1. The molecule has 1 fully saturated rings. The van der Waals surface area contributed by atoms with E-state index in [1.807, 2.05) is 0 Å². The minimum atomic E-state index is -3.86. The third-order valence-electron chi connectivity index (χ3n) is 8.62. The Labute approximate surface area is 274 Å². The van der Waals surface area contributed by atoms with E-state index < -0.39 is 38.7 Å². The number of ether oxygens (including phenoxy) is 2. The van der Waals surface area contributed by atoms with Gasteiger partial charge < -0.3 is 25.0 Å². The van der Waals surface area contributed by atoms with E-state index in [0.29, 0.717) is 42.7 Å². The first-order valence-corrected chi connectivity index (χ1v) is 17.4. The average molecular weight is 662 g/mol. The van der Waals surface area contributed by atoms with Crippen LogP contribution in [0.15, 0.2) is 93.9 Å². The zero-order valence-electron chi connectivity index (χ0n) is 26.0. The quantitative estimate of drug-likeness (QED) is 0.0903. The Bertz CT molecular complexity index is 1720. The van der Waals surface area contributed by atoms with Crippen molar-refractivity contribution in [1.82, 2.24) is 5.32 Å². The molecule has 0 unspecified atom stereocenters. The van der Waals surface area contributed by atoms with E-state index in [1.165, 1.54) is 12.1 Å². The molecule has 1 aliphatic carbocycles. The van der Waals surface area contributed by atoms with Crippen LogP contribution in [0.4, 0.5) is 5.69 Å². The number of aliphatic hydroxyl groups excluding tert-OH is 1. The SMILES string of the molecule is [N-]=[N+]=Nc1ccccc1[C@H]1OC(c2ccc(OCCCO)cc2)=N[C@@]1(CCS(=O)(=O)c1ccccc1)C(=O)NCC1(O)CCCCC1. The minimum absolute atomic E-state index is 0.00296. The van der Waals surface area contributed by atoms with E-state index in [-0.39, 0.29) is 36.1 Å². The number of azide groups is 1. The molecule has 248 valence electrons. The van der Waals surface area contributed by atoms with Gasteiger partial charge in [0.15, 0.2) is 21.5 Å². The second-order valence-corrected chi connectivity index (χ2v) is 14.0. The van der Waals surface area contributed by atoms with E-state index in [2.05, 4.69) is 15.3 Å². The molecule has 5 rings (SSSR count). The predicted octanol–water partition coefficient (Wildman–Crippen LogP) is 5.32. The molecule has 1 saturated carbocycles. The Morgan fingerprint density at radius 1 is 1.04 bits per heavy atom. The standard InChI is InChI=1S/C34H39N5O7S/c35-39-38-29-13-6-5-12-28(29)30-34(20-23-47(43,44)27-10-3-1-4-11-27,32(41)36-24-33(42)18-7-2-8-19-33)37-31(46-30)25-14-16-26(17-15-25)45-22-9-21-40/h1,3-6,10-17,30,40,42H,2,7-9,18-24H2,(H,36,41)/t30-,34-/m1/s1. The van der Waals surface area contributed by atoms with Gasteiger partial charge in [-0.25, -0.2) is 13.4 Å². The number of amides is 1. The van der Waals surface area contributed by atoms with Gasteiger partial charge in [0.25, 0.3) is 5.91 Å². The lowest BCUT2D eigenvalue weighted by molar-refractivity contribution is -0.130. The fourth-order valence-corrected chi connectivity index (χ4v) is 7.40. The van der Waals surface area contributed by atoms with Crippen molar-refractivity contribution >= 4 is 27.3 Å². The molecule has 0 saturated heterocycles. The van der Waals surface area contributed by atoms with E-state index in [1.54, 1.807) is 66.7 Å². The monoisotopic (exact) mass is 661 g/mol. The van der Waals surface area contributed by atoms with Gasteiger partial charge in [-0.05, 0) is 54.8 Å². The van der Waals surface area contributed by atoms with Crippen LogP contribution in [0.1, 0.15) is 62.2 Å². The summed E-state index contributed by atoms with van der Waals surface area (Å²) in [4.78, 5) is 22.4. The number of hydrogen-bond acceptors (Lipinski definition) is 9. The van der Waals surface area contributed by atoms with Gasteiger partial charge in [0.05, 0.1) is 22.9 Å². The average Bonchev–Trinajstić information content (AvgIpc) is 3.49. The first-order chi connectivity index (χ1) is 22.7. The molecule has 1 heterocycles. The number of aliphatic imine (C=N–C) groups is 1. The summed E-state index contributed by atoms with van der Waals surface area (Å²) in [5, 5.41) is 27.0. The molecule has 2 aliphatic rings. The first kappa shape index (κ1) is 33.9. The van der Waals surface area contributed by atoms with Crippen molar-refractivity contribution in [2.45, 2.75) is 67.1 Å². The topological polar surface area (TPSA) is 183 Å². The molecule has 1 amide bonds. The highest BCUT2D eigenvalue weighted by molar-refractivity contribution is 7.91. The summed E-state index contributed by atoms with van der Waals surface area (Å²) in [5.74, 6) is -0.396. The molecule has 3 aromatic rings. The maximum atomic E-state index is 14.5. The van der Waals surface area contributed by atoms with E-state index in [4.69, 9.17) is 19.6 Å². The van der Waals surface area contributed by atoms with Gasteiger partial charge in [-0.15, -0.1) is 0 Å². The summed E-state index contributed by atoms with van der Waals surface area (Å²) in [6, 6.07) is 21.5. The molecule has 3 aromatic carbocycles. The van der Waals surface area contributed by atoms with Crippen molar-refractivity contribution < 1.29 is 32.9 Å². The lowest BCUT2D eigenvalue weighted by Gasteiger charge is -2.35. The molecule has 47 heavy (non-hydrogen) atoms. The van der Waals surface area contributed by atoms with Crippen molar-refractivity contribution in [1.29, 1.82) is 0 Å². The number of nitrogens with zero attached hydrogens (tertiary/aromatic N) is 4. The maximum Gasteiger partial charge on any atom is 0.252 e. The third kappa shape index (κ3) is 7.94. The summed E-state index contributed by atoms with van der Waals surface area (Å²) in [5.41, 5.74) is 7.49. The van der Waals surface area contributed by atoms with E-state index in [9.17, 15) is 23.8 Å². The molecule has 0 radical (unpaired) electrons. The second kappa shape index (κ2) is 15.0. The Kier molecular flexibility index (Phi) is 10.8. The van der Waals surface area contributed by atoms with Gasteiger partial charge in [-0.2, -0.15) is 0 Å². The van der Waals surface area contributed by atoms with Crippen LogP contribution in [-0.2, 0) is 19.4 Å². The molecule has 2 atom stereocenters. The molecule has 1 aliphatic heterocycles. The zero-order chi connectivity index (χ0) is 33.3. The number of sulfone groups is 1. The van der Waals surface area contributed by atoms with E-state index >= 15 is 0 Å². The van der Waals surface area contributed by atoms with Crippen LogP contribution in [0.2, 0.25) is 0 Å². The molecule has 3 N–H and O–H groups in total. The van der Waals surface area contributed by atoms with Crippen molar-refractivity contribution in [3.8, 4) is 5.75 Å². The van der Waals surface area contributed by atoms with E-state index in [0.717, 1.165) is 19.3 Å². The van der Waals surface area contributed by atoms with Crippen LogP contribution in [0.25, 0.3) is 10.4 Å². The maximum absolute atomic E-state index is 14.5. The lowest BCUT2D eigenvalue weighted by Crippen LogP contribution is -2.53. The lowest BCUT2D eigenvalue weighted by atomic mass is 9.82. The Hall–Kier alpha value is -4.42.